The minimum absolute atomic E-state index is 0.00745. The van der Waals surface area contributed by atoms with E-state index in [9.17, 15) is 19.5 Å². The Hall–Kier alpha value is -1.88. The molecule has 4 aliphatic heterocycles. The van der Waals surface area contributed by atoms with E-state index in [1.165, 1.54) is 0 Å². The Morgan fingerprint density at radius 2 is 1.97 bits per heavy atom. The van der Waals surface area contributed by atoms with Gasteiger partial charge in [0.1, 0.15) is 6.04 Å². The SMILES string of the molecule is C=CCCCOC(=O)[C@@H]1[C@H]2C(=O)N(CCCCO)C(C(=O)N(CC=C)CCN3CCOCC3)C23CC[C@H]1S3. The molecule has 2 bridgehead atoms. The maximum Gasteiger partial charge on any atom is 0.310 e. The fourth-order valence-electron chi connectivity index (χ4n) is 6.54. The van der Waals surface area contributed by atoms with Gasteiger partial charge in [-0.3, -0.25) is 19.3 Å². The predicted octanol–water partition coefficient (Wildman–Crippen LogP) is 1.71. The fraction of sp³-hybridized carbons (Fsp3) is 0.750. The molecule has 4 rings (SSSR count). The Morgan fingerprint density at radius 3 is 2.68 bits per heavy atom. The number of ether oxygens (including phenoxy) is 2. The number of thioether (sulfide) groups is 1. The number of rotatable bonds is 15. The van der Waals surface area contributed by atoms with Gasteiger partial charge in [-0.1, -0.05) is 12.2 Å². The molecule has 0 aromatic heterocycles. The summed E-state index contributed by atoms with van der Waals surface area (Å²) in [6, 6.07) is -0.628. The van der Waals surface area contributed by atoms with Gasteiger partial charge in [0.15, 0.2) is 0 Å². The zero-order valence-electron chi connectivity index (χ0n) is 22.4. The molecule has 4 fully saturated rings. The van der Waals surface area contributed by atoms with Gasteiger partial charge in [0.05, 0.1) is 36.4 Å². The van der Waals surface area contributed by atoms with Crippen LogP contribution in [0, 0.1) is 11.8 Å². The lowest BCUT2D eigenvalue weighted by atomic mass is 9.71. The number of unbranched alkanes of at least 4 members (excludes halogenated alkanes) is 2. The number of carbonyl (C=O) groups excluding carboxylic acids is 3. The highest BCUT2D eigenvalue weighted by molar-refractivity contribution is 8.02. The van der Waals surface area contributed by atoms with E-state index >= 15 is 0 Å². The first-order chi connectivity index (χ1) is 18.5. The molecule has 0 radical (unpaired) electrons. The third-order valence-electron chi connectivity index (χ3n) is 8.36. The van der Waals surface area contributed by atoms with Crippen LogP contribution in [-0.4, -0.2) is 119 Å². The van der Waals surface area contributed by atoms with Crippen LogP contribution in [0.4, 0.5) is 0 Å². The quantitative estimate of drug-likeness (QED) is 0.187. The van der Waals surface area contributed by atoms with E-state index in [1.54, 1.807) is 28.8 Å². The number of aliphatic hydroxyl groups is 1. The van der Waals surface area contributed by atoms with E-state index in [-0.39, 0.29) is 29.6 Å². The van der Waals surface area contributed by atoms with Crippen LogP contribution in [0.2, 0.25) is 0 Å². The maximum atomic E-state index is 14.3. The Balaban J connectivity index is 1.56. The molecule has 1 spiro atoms. The van der Waals surface area contributed by atoms with E-state index in [0.29, 0.717) is 58.7 Å². The highest BCUT2D eigenvalue weighted by Gasteiger charge is 2.74. The standard InChI is InChI=1S/C28H43N3O6S/c1-3-5-8-18-37-27(35)22-21-9-10-28(38-21)23(22)25(33)31(12-6-7-17-32)24(28)26(34)30(11-4-2)14-13-29-15-19-36-20-16-29/h3-4,21-24,32H,1-2,5-20H2/t21-,22+,23+,24?,28?/m1/s1. The molecule has 0 saturated carbocycles. The number of aliphatic hydroxyl groups excluding tert-OH is 1. The van der Waals surface area contributed by atoms with Crippen molar-refractivity contribution in [2.24, 2.45) is 11.8 Å². The first-order valence-corrected chi connectivity index (χ1v) is 14.9. The van der Waals surface area contributed by atoms with Gasteiger partial charge in [-0.05, 0) is 38.5 Å². The number of hydrogen-bond donors (Lipinski definition) is 1. The molecule has 0 aromatic rings. The van der Waals surface area contributed by atoms with Crippen LogP contribution in [0.1, 0.15) is 38.5 Å². The molecule has 2 unspecified atom stereocenters. The number of fused-ring (bicyclic) bond motifs is 1. The van der Waals surface area contributed by atoms with Crippen LogP contribution >= 0.6 is 11.8 Å². The Bertz CT molecular complexity index is 881. The lowest BCUT2D eigenvalue weighted by molar-refractivity contribution is -0.154. The highest BCUT2D eigenvalue weighted by Crippen LogP contribution is 2.66. The lowest BCUT2D eigenvalue weighted by Crippen LogP contribution is -2.56. The van der Waals surface area contributed by atoms with Gasteiger partial charge in [0, 0.05) is 51.1 Å². The molecule has 0 aromatic carbocycles. The van der Waals surface area contributed by atoms with Crippen molar-refractivity contribution in [2.45, 2.75) is 54.6 Å². The van der Waals surface area contributed by atoms with Gasteiger partial charge in [-0.2, -0.15) is 0 Å². The van der Waals surface area contributed by atoms with E-state index in [4.69, 9.17) is 9.47 Å². The Labute approximate surface area is 230 Å². The summed E-state index contributed by atoms with van der Waals surface area (Å²) in [7, 11) is 0. The van der Waals surface area contributed by atoms with Crippen LogP contribution in [0.5, 0.6) is 0 Å². The molecule has 5 atom stereocenters. The number of carbonyl (C=O) groups is 3. The molecule has 38 heavy (non-hydrogen) atoms. The van der Waals surface area contributed by atoms with Crippen molar-refractivity contribution in [2.75, 3.05) is 65.7 Å². The fourth-order valence-corrected chi connectivity index (χ4v) is 8.74. The second-order valence-electron chi connectivity index (χ2n) is 10.6. The number of morpholine rings is 1. The molecule has 4 heterocycles. The molecular formula is C28H43N3O6S. The molecule has 212 valence electrons. The third kappa shape index (κ3) is 5.83. The largest absolute Gasteiger partial charge is 0.465 e. The molecule has 4 saturated heterocycles. The van der Waals surface area contributed by atoms with Gasteiger partial charge in [-0.25, -0.2) is 0 Å². The van der Waals surface area contributed by atoms with Gasteiger partial charge < -0.3 is 24.4 Å². The minimum atomic E-state index is -0.628. The number of likely N-dealkylation sites (tertiary alicyclic amines) is 1. The van der Waals surface area contributed by atoms with Crippen molar-refractivity contribution in [1.29, 1.82) is 0 Å². The van der Waals surface area contributed by atoms with Gasteiger partial charge in [0.25, 0.3) is 0 Å². The summed E-state index contributed by atoms with van der Waals surface area (Å²) in [6.07, 6.45) is 7.70. The second-order valence-corrected chi connectivity index (χ2v) is 12.2. The molecule has 2 amide bonds. The first-order valence-electron chi connectivity index (χ1n) is 14.0. The zero-order valence-corrected chi connectivity index (χ0v) is 23.2. The average Bonchev–Trinajstić information content (AvgIpc) is 3.57. The van der Waals surface area contributed by atoms with Crippen molar-refractivity contribution in [3.05, 3.63) is 25.3 Å². The van der Waals surface area contributed by atoms with Crippen molar-refractivity contribution < 1.29 is 29.0 Å². The van der Waals surface area contributed by atoms with Crippen molar-refractivity contribution in [3.8, 4) is 0 Å². The first kappa shape index (κ1) is 29.1. The maximum absolute atomic E-state index is 14.3. The highest BCUT2D eigenvalue weighted by atomic mass is 32.2. The van der Waals surface area contributed by atoms with E-state index in [0.717, 1.165) is 38.9 Å². The van der Waals surface area contributed by atoms with Crippen LogP contribution in [-0.2, 0) is 23.9 Å². The molecule has 1 N–H and O–H groups in total. The van der Waals surface area contributed by atoms with Crippen molar-refractivity contribution in [3.63, 3.8) is 0 Å². The summed E-state index contributed by atoms with van der Waals surface area (Å²) in [5, 5.41) is 9.35. The number of amides is 2. The molecule has 9 nitrogen and oxygen atoms in total. The van der Waals surface area contributed by atoms with E-state index < -0.39 is 22.6 Å². The summed E-state index contributed by atoms with van der Waals surface area (Å²) in [6.45, 7) is 13.1. The summed E-state index contributed by atoms with van der Waals surface area (Å²) in [5.41, 5.74) is 0. The third-order valence-corrected chi connectivity index (χ3v) is 10.3. The van der Waals surface area contributed by atoms with Crippen molar-refractivity contribution in [1.82, 2.24) is 14.7 Å². The number of nitrogens with zero attached hydrogens (tertiary/aromatic N) is 3. The molecular weight excluding hydrogens is 506 g/mol. The number of allylic oxidation sites excluding steroid dienone is 1. The van der Waals surface area contributed by atoms with Crippen molar-refractivity contribution >= 4 is 29.5 Å². The minimum Gasteiger partial charge on any atom is -0.465 e. The predicted molar refractivity (Wildman–Crippen MR) is 147 cm³/mol. The van der Waals surface area contributed by atoms with Crippen LogP contribution < -0.4 is 0 Å². The second kappa shape index (κ2) is 13.5. The summed E-state index contributed by atoms with van der Waals surface area (Å²) < 4.78 is 10.5. The Morgan fingerprint density at radius 1 is 1.18 bits per heavy atom. The van der Waals surface area contributed by atoms with E-state index in [1.807, 2.05) is 4.90 Å². The van der Waals surface area contributed by atoms with Crippen LogP contribution in [0.25, 0.3) is 0 Å². The van der Waals surface area contributed by atoms with Crippen LogP contribution in [0.15, 0.2) is 25.3 Å². The summed E-state index contributed by atoms with van der Waals surface area (Å²) in [4.78, 5) is 47.4. The summed E-state index contributed by atoms with van der Waals surface area (Å²) >= 11 is 1.67. The van der Waals surface area contributed by atoms with Crippen LogP contribution in [0.3, 0.4) is 0 Å². The monoisotopic (exact) mass is 549 g/mol. The zero-order chi connectivity index (χ0) is 27.1. The number of hydrogen-bond acceptors (Lipinski definition) is 8. The summed E-state index contributed by atoms with van der Waals surface area (Å²) in [5.74, 6) is -1.57. The normalized spacial score (nSPS) is 30.3. The molecule has 0 aliphatic carbocycles. The smallest absolute Gasteiger partial charge is 0.310 e. The van der Waals surface area contributed by atoms with E-state index in [2.05, 4.69) is 18.1 Å². The average molecular weight is 550 g/mol. The molecule has 4 aliphatic rings. The van der Waals surface area contributed by atoms with Gasteiger partial charge in [-0.15, -0.1) is 24.9 Å². The van der Waals surface area contributed by atoms with Gasteiger partial charge >= 0.3 is 5.97 Å². The topological polar surface area (TPSA) is 99.6 Å². The lowest BCUT2D eigenvalue weighted by Gasteiger charge is -2.38. The number of esters is 1. The Kier molecular flexibility index (Phi) is 10.3. The van der Waals surface area contributed by atoms with Gasteiger partial charge in [0.2, 0.25) is 11.8 Å². The molecule has 10 heteroatoms.